The van der Waals surface area contributed by atoms with Gasteiger partial charge in [0.1, 0.15) is 17.7 Å². The summed E-state index contributed by atoms with van der Waals surface area (Å²) in [6.45, 7) is 6.49. The van der Waals surface area contributed by atoms with Crippen LogP contribution in [0.3, 0.4) is 0 Å². The van der Waals surface area contributed by atoms with Crippen LogP contribution in [0.4, 0.5) is 17.2 Å². The summed E-state index contributed by atoms with van der Waals surface area (Å²) in [6, 6.07) is 0. The predicted octanol–water partition coefficient (Wildman–Crippen LogP) is 1.36. The van der Waals surface area contributed by atoms with E-state index in [1.165, 1.54) is 6.42 Å². The van der Waals surface area contributed by atoms with E-state index in [1.54, 1.807) is 6.92 Å². The molecule has 0 saturated carbocycles. The standard InChI is InChI=1S/C11H10N4O4.C3H9N.C3H8/c1-2-12-6-7(10(19)9(6)18)15-11-8(17)5(3-16)13-4-14-11;1-4(2)3;1-3-2/h3-4,12,17H,2H2,1H3,(H,13,14,15);1-3H3;3H2,1-2H3. The van der Waals surface area contributed by atoms with Crippen molar-refractivity contribution < 1.29 is 9.90 Å². The maximum Gasteiger partial charge on any atom is 0.253 e. The van der Waals surface area contributed by atoms with Crippen LogP contribution in [-0.4, -0.2) is 53.9 Å². The Kier molecular flexibility index (Phi) is 10.4. The van der Waals surface area contributed by atoms with Gasteiger partial charge in [0, 0.05) is 6.54 Å². The van der Waals surface area contributed by atoms with E-state index in [4.69, 9.17) is 0 Å². The molecule has 0 atom stereocenters. The lowest BCUT2D eigenvalue weighted by Gasteiger charge is -2.13. The molecule has 0 radical (unpaired) electrons. The van der Waals surface area contributed by atoms with Gasteiger partial charge in [-0.2, -0.15) is 0 Å². The zero-order valence-electron chi connectivity index (χ0n) is 16.1. The fourth-order valence-electron chi connectivity index (χ4n) is 1.54. The molecule has 0 fully saturated rings. The van der Waals surface area contributed by atoms with Crippen molar-refractivity contribution in [2.45, 2.75) is 27.2 Å². The zero-order chi connectivity index (χ0) is 20.3. The highest BCUT2D eigenvalue weighted by atomic mass is 16.3. The lowest BCUT2D eigenvalue weighted by atomic mass is 10.2. The molecule has 2 rings (SSSR count). The van der Waals surface area contributed by atoms with Crippen molar-refractivity contribution >= 4 is 23.5 Å². The number of hydrogen-bond acceptors (Lipinski definition) is 9. The van der Waals surface area contributed by atoms with Crippen LogP contribution in [0.1, 0.15) is 37.7 Å². The maximum atomic E-state index is 11.4. The second kappa shape index (κ2) is 11.7. The first-order chi connectivity index (χ1) is 12.2. The molecule has 2 aromatic rings. The highest BCUT2D eigenvalue weighted by Gasteiger charge is 2.22. The fourth-order valence-corrected chi connectivity index (χ4v) is 1.54. The van der Waals surface area contributed by atoms with Gasteiger partial charge >= 0.3 is 0 Å². The minimum Gasteiger partial charge on any atom is -0.503 e. The molecule has 0 spiro atoms. The predicted molar refractivity (Wildman–Crippen MR) is 103 cm³/mol. The van der Waals surface area contributed by atoms with Crippen LogP contribution in [0.5, 0.6) is 5.75 Å². The third-order valence-corrected chi connectivity index (χ3v) is 2.47. The summed E-state index contributed by atoms with van der Waals surface area (Å²) in [5.74, 6) is -0.587. The van der Waals surface area contributed by atoms with Gasteiger partial charge in [0.05, 0.1) is 0 Å². The third-order valence-electron chi connectivity index (χ3n) is 2.47. The van der Waals surface area contributed by atoms with Gasteiger partial charge in [-0.05, 0) is 28.1 Å². The Hall–Kier alpha value is -2.81. The molecule has 0 aliphatic rings. The smallest absolute Gasteiger partial charge is 0.253 e. The number of aromatic hydroxyl groups is 1. The zero-order valence-corrected chi connectivity index (χ0v) is 16.1. The fraction of sp³-hybridized carbons (Fsp3) is 0.471. The molecular formula is C17H27N5O4. The van der Waals surface area contributed by atoms with E-state index in [1.807, 2.05) is 26.0 Å². The molecule has 1 aromatic carbocycles. The summed E-state index contributed by atoms with van der Waals surface area (Å²) < 4.78 is 0. The normalized spacial score (nSPS) is 9.65. The highest BCUT2D eigenvalue weighted by molar-refractivity contribution is 5.83. The van der Waals surface area contributed by atoms with E-state index in [9.17, 15) is 19.5 Å². The summed E-state index contributed by atoms with van der Waals surface area (Å²) >= 11 is 0. The number of anilines is 3. The molecule has 0 saturated heterocycles. The topological polar surface area (TPSA) is 125 Å². The Morgan fingerprint density at radius 3 is 2.04 bits per heavy atom. The Balaban J connectivity index is 0.000000770. The van der Waals surface area contributed by atoms with Crippen molar-refractivity contribution in [1.29, 1.82) is 0 Å². The molecule has 1 heterocycles. The molecule has 144 valence electrons. The van der Waals surface area contributed by atoms with Gasteiger partial charge < -0.3 is 20.6 Å². The SMILES string of the molecule is CCC.CCNc1c(Nc2ncnc(C=O)c2O)c(=O)c1=O.CN(C)C. The largest absolute Gasteiger partial charge is 0.503 e. The van der Waals surface area contributed by atoms with Crippen molar-refractivity contribution in [1.82, 2.24) is 14.9 Å². The van der Waals surface area contributed by atoms with Gasteiger partial charge in [-0.15, -0.1) is 0 Å². The van der Waals surface area contributed by atoms with Crippen molar-refractivity contribution in [3.8, 4) is 5.75 Å². The summed E-state index contributed by atoms with van der Waals surface area (Å²) in [4.78, 5) is 42.6. The molecule has 9 heteroatoms. The Morgan fingerprint density at radius 2 is 1.58 bits per heavy atom. The lowest BCUT2D eigenvalue weighted by Crippen LogP contribution is -2.36. The number of nitrogens with one attached hydrogen (secondary N) is 2. The van der Waals surface area contributed by atoms with E-state index in [-0.39, 0.29) is 22.9 Å². The average molecular weight is 365 g/mol. The highest BCUT2D eigenvalue weighted by Crippen LogP contribution is 2.27. The number of aromatic nitrogens is 2. The van der Waals surface area contributed by atoms with Crippen molar-refractivity contribution in [3.63, 3.8) is 0 Å². The summed E-state index contributed by atoms with van der Waals surface area (Å²) in [5.41, 5.74) is -1.40. The monoisotopic (exact) mass is 365 g/mol. The van der Waals surface area contributed by atoms with Gasteiger partial charge in [0.25, 0.3) is 10.9 Å². The summed E-state index contributed by atoms with van der Waals surface area (Å²) in [5, 5.41) is 14.9. The number of nitrogens with zero attached hydrogens (tertiary/aromatic N) is 3. The van der Waals surface area contributed by atoms with Gasteiger partial charge in [-0.1, -0.05) is 20.3 Å². The summed E-state index contributed by atoms with van der Waals surface area (Å²) in [7, 11) is 6.00. The first-order valence-corrected chi connectivity index (χ1v) is 8.19. The summed E-state index contributed by atoms with van der Waals surface area (Å²) in [6.07, 6.45) is 2.67. The van der Waals surface area contributed by atoms with E-state index < -0.39 is 16.6 Å². The Bertz CT molecular complexity index is 764. The van der Waals surface area contributed by atoms with Crippen LogP contribution < -0.4 is 21.5 Å². The molecule has 0 unspecified atom stereocenters. The van der Waals surface area contributed by atoms with E-state index in [2.05, 4.69) is 34.4 Å². The Labute approximate surface area is 152 Å². The van der Waals surface area contributed by atoms with Crippen molar-refractivity contribution in [2.24, 2.45) is 0 Å². The van der Waals surface area contributed by atoms with E-state index in [0.29, 0.717) is 12.8 Å². The average Bonchev–Trinajstić information content (AvgIpc) is 2.59. The van der Waals surface area contributed by atoms with Crippen LogP contribution in [-0.2, 0) is 0 Å². The first kappa shape index (κ1) is 23.2. The molecule has 0 aliphatic heterocycles. The van der Waals surface area contributed by atoms with E-state index in [0.717, 1.165) is 6.33 Å². The second-order valence-electron chi connectivity index (χ2n) is 5.69. The molecule has 1 aromatic heterocycles. The van der Waals surface area contributed by atoms with Crippen LogP contribution >= 0.6 is 0 Å². The molecular weight excluding hydrogens is 338 g/mol. The van der Waals surface area contributed by atoms with E-state index >= 15 is 0 Å². The molecule has 0 amide bonds. The minimum absolute atomic E-state index is 0.0118. The van der Waals surface area contributed by atoms with Crippen molar-refractivity contribution in [2.75, 3.05) is 38.3 Å². The van der Waals surface area contributed by atoms with Crippen molar-refractivity contribution in [3.05, 3.63) is 32.5 Å². The van der Waals surface area contributed by atoms with Crippen LogP contribution in [0.15, 0.2) is 15.9 Å². The number of aldehydes is 1. The maximum absolute atomic E-state index is 11.4. The first-order valence-electron chi connectivity index (χ1n) is 8.19. The second-order valence-corrected chi connectivity index (χ2v) is 5.69. The third kappa shape index (κ3) is 6.60. The quantitative estimate of drug-likeness (QED) is 0.532. The van der Waals surface area contributed by atoms with Gasteiger partial charge in [-0.25, -0.2) is 9.97 Å². The number of rotatable bonds is 5. The van der Waals surface area contributed by atoms with Gasteiger partial charge in [0.15, 0.2) is 23.5 Å². The molecule has 0 aliphatic carbocycles. The van der Waals surface area contributed by atoms with Gasteiger partial charge in [0.2, 0.25) is 0 Å². The van der Waals surface area contributed by atoms with Crippen LogP contribution in [0, 0.1) is 0 Å². The number of carbonyl (C=O) groups excluding carboxylic acids is 1. The lowest BCUT2D eigenvalue weighted by molar-refractivity contribution is 0.111. The number of hydrogen-bond donors (Lipinski definition) is 3. The molecule has 9 nitrogen and oxygen atoms in total. The van der Waals surface area contributed by atoms with Crippen LogP contribution in [0.25, 0.3) is 0 Å². The molecule has 3 N–H and O–H groups in total. The number of carbonyl (C=O) groups is 1. The molecule has 0 bridgehead atoms. The van der Waals surface area contributed by atoms with Crippen LogP contribution in [0.2, 0.25) is 0 Å². The Morgan fingerprint density at radius 1 is 1.08 bits per heavy atom. The van der Waals surface area contributed by atoms with Gasteiger partial charge in [-0.3, -0.25) is 14.4 Å². The molecule has 26 heavy (non-hydrogen) atoms. The minimum atomic E-state index is -0.707.